The predicted molar refractivity (Wildman–Crippen MR) is 68.8 cm³/mol. The molecule has 0 aliphatic heterocycles. The zero-order valence-electron chi connectivity index (χ0n) is 10.7. The number of nitrogens with one attached hydrogen (secondary N) is 1. The molecule has 0 saturated heterocycles. The van der Waals surface area contributed by atoms with E-state index in [2.05, 4.69) is 5.32 Å². The number of nitrogens with zero attached hydrogens (tertiary/aromatic N) is 1. The molecule has 1 aromatic carbocycles. The second-order valence-corrected chi connectivity index (χ2v) is 4.85. The number of hydrogen-bond acceptors (Lipinski definition) is 4. The van der Waals surface area contributed by atoms with Crippen molar-refractivity contribution >= 4 is 11.6 Å². The lowest BCUT2D eigenvalue weighted by atomic mass is 9.92. The van der Waals surface area contributed by atoms with Gasteiger partial charge in [-0.3, -0.25) is 14.9 Å². The van der Waals surface area contributed by atoms with E-state index in [0.717, 1.165) is 25.0 Å². The predicted octanol–water partition coefficient (Wildman–Crippen LogP) is 1.77. The summed E-state index contributed by atoms with van der Waals surface area (Å²) in [7, 11) is 0. The van der Waals surface area contributed by atoms with Crippen molar-refractivity contribution in [1.82, 2.24) is 5.32 Å². The van der Waals surface area contributed by atoms with Gasteiger partial charge in [-0.05, 0) is 25.0 Å². The van der Waals surface area contributed by atoms with Crippen LogP contribution in [-0.4, -0.2) is 28.1 Å². The van der Waals surface area contributed by atoms with Crippen molar-refractivity contribution in [2.75, 3.05) is 0 Å². The molecule has 1 saturated carbocycles. The molecule has 2 N–H and O–H groups in total. The van der Waals surface area contributed by atoms with Crippen molar-refractivity contribution in [3.63, 3.8) is 0 Å². The molecule has 0 spiro atoms. The zero-order valence-corrected chi connectivity index (χ0v) is 10.7. The van der Waals surface area contributed by atoms with Crippen LogP contribution in [0, 0.1) is 15.9 Å². The van der Waals surface area contributed by atoms with Gasteiger partial charge in [-0.15, -0.1) is 0 Å². The molecule has 108 valence electrons. The number of halogens is 1. The van der Waals surface area contributed by atoms with Crippen LogP contribution in [-0.2, 0) is 0 Å². The third kappa shape index (κ3) is 3.11. The van der Waals surface area contributed by atoms with Crippen LogP contribution < -0.4 is 5.32 Å². The van der Waals surface area contributed by atoms with Crippen LogP contribution >= 0.6 is 0 Å². The third-order valence-electron chi connectivity index (χ3n) is 3.45. The average molecular weight is 282 g/mol. The highest BCUT2D eigenvalue weighted by Crippen LogP contribution is 2.22. The van der Waals surface area contributed by atoms with Crippen molar-refractivity contribution in [3.8, 4) is 0 Å². The van der Waals surface area contributed by atoms with E-state index >= 15 is 0 Å². The van der Waals surface area contributed by atoms with E-state index < -0.39 is 34.5 Å². The fraction of sp³-hybridized carbons (Fsp3) is 0.462. The van der Waals surface area contributed by atoms with Gasteiger partial charge in [-0.2, -0.15) is 0 Å². The summed E-state index contributed by atoms with van der Waals surface area (Å²) in [6.07, 6.45) is 2.35. The first-order valence-corrected chi connectivity index (χ1v) is 6.42. The fourth-order valence-corrected chi connectivity index (χ4v) is 2.37. The minimum atomic E-state index is -0.796. The van der Waals surface area contributed by atoms with Gasteiger partial charge < -0.3 is 10.4 Å². The minimum Gasteiger partial charge on any atom is -0.391 e. The van der Waals surface area contributed by atoms with Crippen LogP contribution in [0.1, 0.15) is 36.0 Å². The first kappa shape index (κ1) is 14.4. The normalized spacial score (nSPS) is 22.3. The van der Waals surface area contributed by atoms with Crippen molar-refractivity contribution in [2.24, 2.45) is 0 Å². The highest BCUT2D eigenvalue weighted by Gasteiger charge is 2.27. The number of benzene rings is 1. The summed E-state index contributed by atoms with van der Waals surface area (Å²) >= 11 is 0. The molecule has 2 rings (SSSR count). The van der Waals surface area contributed by atoms with E-state index in [4.69, 9.17) is 0 Å². The first-order valence-electron chi connectivity index (χ1n) is 6.42. The maximum Gasteiger partial charge on any atom is 0.285 e. The number of carbonyl (C=O) groups excluding carboxylic acids is 1. The number of aliphatic hydroxyl groups excluding tert-OH is 1. The topological polar surface area (TPSA) is 92.5 Å². The Hall–Kier alpha value is -2.02. The number of hydrogen-bond donors (Lipinski definition) is 2. The Morgan fingerprint density at radius 2 is 2.10 bits per heavy atom. The first-order chi connectivity index (χ1) is 9.49. The van der Waals surface area contributed by atoms with E-state index in [1.54, 1.807) is 0 Å². The Labute approximate surface area is 114 Å². The van der Waals surface area contributed by atoms with E-state index in [9.17, 15) is 24.4 Å². The molecule has 6 nitrogen and oxygen atoms in total. The van der Waals surface area contributed by atoms with Crippen LogP contribution in [0.15, 0.2) is 18.2 Å². The van der Waals surface area contributed by atoms with E-state index in [-0.39, 0.29) is 5.56 Å². The summed E-state index contributed by atoms with van der Waals surface area (Å²) < 4.78 is 13.0. The Morgan fingerprint density at radius 3 is 2.75 bits per heavy atom. The van der Waals surface area contributed by atoms with Gasteiger partial charge in [0.15, 0.2) is 0 Å². The molecule has 1 amide bonds. The summed E-state index contributed by atoms with van der Waals surface area (Å²) in [6, 6.07) is 2.38. The molecule has 1 fully saturated rings. The molecule has 2 atom stereocenters. The standard InChI is InChI=1S/C13H15FN2O4/c14-8-5-6-9(11(7-8)16(19)20)13(18)15-10-3-1-2-4-12(10)17/h5-7,10,12,17H,1-4H2,(H,15,18). The smallest absolute Gasteiger partial charge is 0.285 e. The lowest BCUT2D eigenvalue weighted by Crippen LogP contribution is -2.45. The van der Waals surface area contributed by atoms with Gasteiger partial charge in [-0.1, -0.05) is 12.8 Å². The summed E-state index contributed by atoms with van der Waals surface area (Å²) in [5, 5.41) is 23.2. The molecule has 1 aliphatic carbocycles. The van der Waals surface area contributed by atoms with Crippen molar-refractivity contribution in [1.29, 1.82) is 0 Å². The second-order valence-electron chi connectivity index (χ2n) is 4.85. The molecule has 1 aromatic rings. The SMILES string of the molecule is O=C(NC1CCCCC1O)c1ccc(F)cc1[N+](=O)[O-]. The van der Waals surface area contributed by atoms with Crippen LogP contribution in [0.3, 0.4) is 0 Å². The fourth-order valence-electron chi connectivity index (χ4n) is 2.37. The minimum absolute atomic E-state index is 0.200. The Balaban J connectivity index is 2.18. The number of nitro groups is 1. The lowest BCUT2D eigenvalue weighted by Gasteiger charge is -2.28. The lowest BCUT2D eigenvalue weighted by molar-refractivity contribution is -0.385. The average Bonchev–Trinajstić information content (AvgIpc) is 2.41. The largest absolute Gasteiger partial charge is 0.391 e. The number of nitro benzene ring substituents is 1. The molecule has 0 bridgehead atoms. The van der Waals surface area contributed by atoms with Gasteiger partial charge in [0.05, 0.1) is 23.1 Å². The van der Waals surface area contributed by atoms with Crippen LogP contribution in [0.2, 0.25) is 0 Å². The van der Waals surface area contributed by atoms with Gasteiger partial charge in [0.25, 0.3) is 11.6 Å². The highest BCUT2D eigenvalue weighted by atomic mass is 19.1. The number of aliphatic hydroxyl groups is 1. The van der Waals surface area contributed by atoms with Crippen molar-refractivity contribution in [2.45, 2.75) is 37.8 Å². The quantitative estimate of drug-likeness (QED) is 0.652. The third-order valence-corrected chi connectivity index (χ3v) is 3.45. The summed E-state index contributed by atoms with van der Waals surface area (Å²) in [5.74, 6) is -1.44. The molecule has 0 aromatic heterocycles. The summed E-state index contributed by atoms with van der Waals surface area (Å²) in [5.41, 5.74) is -0.776. The number of amides is 1. The van der Waals surface area contributed by atoms with Crippen molar-refractivity contribution < 1.29 is 19.2 Å². The molecule has 1 aliphatic rings. The molecule has 7 heteroatoms. The summed E-state index contributed by atoms with van der Waals surface area (Å²) in [6.45, 7) is 0. The number of rotatable bonds is 3. The van der Waals surface area contributed by atoms with Gasteiger partial charge >= 0.3 is 0 Å². The Bertz CT molecular complexity index is 535. The Morgan fingerprint density at radius 1 is 1.40 bits per heavy atom. The molecule has 0 radical (unpaired) electrons. The second kappa shape index (κ2) is 5.96. The van der Waals surface area contributed by atoms with Crippen molar-refractivity contribution in [3.05, 3.63) is 39.7 Å². The van der Waals surface area contributed by atoms with E-state index in [1.165, 1.54) is 0 Å². The van der Waals surface area contributed by atoms with Gasteiger partial charge in [-0.25, -0.2) is 4.39 Å². The van der Waals surface area contributed by atoms with E-state index in [1.807, 2.05) is 0 Å². The molecule has 2 unspecified atom stereocenters. The van der Waals surface area contributed by atoms with E-state index in [0.29, 0.717) is 18.9 Å². The van der Waals surface area contributed by atoms with Gasteiger partial charge in [0.1, 0.15) is 11.4 Å². The van der Waals surface area contributed by atoms with Crippen LogP contribution in [0.5, 0.6) is 0 Å². The molecular formula is C13H15FN2O4. The summed E-state index contributed by atoms with van der Waals surface area (Å²) in [4.78, 5) is 22.1. The van der Waals surface area contributed by atoms with Gasteiger partial charge in [0.2, 0.25) is 0 Å². The van der Waals surface area contributed by atoms with Crippen LogP contribution in [0.25, 0.3) is 0 Å². The molecule has 20 heavy (non-hydrogen) atoms. The maximum atomic E-state index is 13.0. The molecule has 0 heterocycles. The van der Waals surface area contributed by atoms with Gasteiger partial charge in [0, 0.05) is 0 Å². The van der Waals surface area contributed by atoms with Crippen LogP contribution in [0.4, 0.5) is 10.1 Å². The number of carbonyl (C=O) groups is 1. The Kier molecular flexibility index (Phi) is 4.29. The monoisotopic (exact) mass is 282 g/mol. The zero-order chi connectivity index (χ0) is 14.7. The molecular weight excluding hydrogens is 267 g/mol. The maximum absolute atomic E-state index is 13.0. The highest BCUT2D eigenvalue weighted by molar-refractivity contribution is 5.98.